The molecule has 0 unspecified atom stereocenters. The summed E-state index contributed by atoms with van der Waals surface area (Å²) in [5.41, 5.74) is 2.26. The number of carbonyl (C=O) groups is 1. The normalized spacial score (nSPS) is 15.4. The topological polar surface area (TPSA) is 60.1 Å². The van der Waals surface area contributed by atoms with Crippen molar-refractivity contribution in [2.24, 2.45) is 13.0 Å². The molecule has 1 amide bonds. The Bertz CT molecular complexity index is 1050. The molecule has 3 heterocycles. The van der Waals surface area contributed by atoms with Crippen molar-refractivity contribution in [2.75, 3.05) is 13.1 Å². The van der Waals surface area contributed by atoms with E-state index in [9.17, 15) is 9.59 Å². The molecule has 0 atom stereocenters. The van der Waals surface area contributed by atoms with Gasteiger partial charge in [0.2, 0.25) is 0 Å². The maximum Gasteiger partial charge on any atom is 0.330 e. The molecule has 1 aromatic carbocycles. The molecule has 0 N–H and O–H groups in total. The first kappa shape index (κ1) is 18.0. The Kier molecular flexibility index (Phi) is 4.86. The van der Waals surface area contributed by atoms with Crippen molar-refractivity contribution in [3.8, 4) is 0 Å². The summed E-state index contributed by atoms with van der Waals surface area (Å²) < 4.78 is 4.33. The van der Waals surface area contributed by atoms with Gasteiger partial charge in [-0.3, -0.25) is 13.9 Å². The number of carbonyl (C=O) groups excluding carboxylic acids is 1. The molecule has 0 aliphatic carbocycles. The van der Waals surface area contributed by atoms with Gasteiger partial charge in [0.1, 0.15) is 0 Å². The van der Waals surface area contributed by atoms with E-state index in [-0.39, 0.29) is 11.6 Å². The van der Waals surface area contributed by atoms with Crippen LogP contribution >= 0.6 is 15.9 Å². The van der Waals surface area contributed by atoms with Crippen LogP contribution in [0.15, 0.2) is 51.9 Å². The van der Waals surface area contributed by atoms with Crippen LogP contribution in [0.3, 0.4) is 0 Å². The SMILES string of the molecule is Cn1c(=O)n(CC2CCN(C(=O)c3cccc(Br)c3)CC2)c2ncccc21. The zero-order chi connectivity index (χ0) is 19.0. The van der Waals surface area contributed by atoms with E-state index in [0.29, 0.717) is 31.1 Å². The van der Waals surface area contributed by atoms with Crippen LogP contribution in [-0.4, -0.2) is 38.0 Å². The van der Waals surface area contributed by atoms with Gasteiger partial charge in [-0.15, -0.1) is 0 Å². The van der Waals surface area contributed by atoms with Crippen molar-refractivity contribution in [1.29, 1.82) is 0 Å². The molecule has 7 heteroatoms. The van der Waals surface area contributed by atoms with Crippen molar-refractivity contribution in [1.82, 2.24) is 19.0 Å². The summed E-state index contributed by atoms with van der Waals surface area (Å²) in [6.07, 6.45) is 3.49. The minimum Gasteiger partial charge on any atom is -0.339 e. The van der Waals surface area contributed by atoms with Gasteiger partial charge < -0.3 is 4.90 Å². The summed E-state index contributed by atoms with van der Waals surface area (Å²) in [5.74, 6) is 0.431. The smallest absolute Gasteiger partial charge is 0.330 e. The molecule has 1 aliphatic heterocycles. The van der Waals surface area contributed by atoms with Crippen LogP contribution in [0, 0.1) is 5.92 Å². The third kappa shape index (κ3) is 3.43. The second-order valence-corrected chi connectivity index (χ2v) is 7.96. The Labute approximate surface area is 165 Å². The van der Waals surface area contributed by atoms with E-state index in [1.807, 2.05) is 41.3 Å². The largest absolute Gasteiger partial charge is 0.339 e. The van der Waals surface area contributed by atoms with Gasteiger partial charge in [-0.25, -0.2) is 9.78 Å². The summed E-state index contributed by atoms with van der Waals surface area (Å²) in [6.45, 7) is 2.07. The summed E-state index contributed by atoms with van der Waals surface area (Å²) in [7, 11) is 1.78. The number of imidazole rings is 1. The van der Waals surface area contributed by atoms with E-state index >= 15 is 0 Å². The number of piperidine rings is 1. The summed E-state index contributed by atoms with van der Waals surface area (Å²) in [5, 5.41) is 0. The van der Waals surface area contributed by atoms with Crippen molar-refractivity contribution in [3.05, 3.63) is 63.1 Å². The molecule has 0 spiro atoms. The molecular weight excluding hydrogens is 408 g/mol. The molecule has 0 saturated carbocycles. The minimum atomic E-state index is -0.0312. The van der Waals surface area contributed by atoms with E-state index in [1.165, 1.54) is 0 Å². The van der Waals surface area contributed by atoms with Gasteiger partial charge in [0, 0.05) is 42.9 Å². The summed E-state index contributed by atoms with van der Waals surface area (Å²) in [4.78, 5) is 31.6. The zero-order valence-corrected chi connectivity index (χ0v) is 16.7. The third-order valence-electron chi connectivity index (χ3n) is 5.32. The van der Waals surface area contributed by atoms with Crippen molar-refractivity contribution < 1.29 is 4.79 Å². The van der Waals surface area contributed by atoms with E-state index in [0.717, 1.165) is 28.5 Å². The van der Waals surface area contributed by atoms with Crippen molar-refractivity contribution >= 4 is 33.0 Å². The Balaban J connectivity index is 1.45. The molecule has 3 aromatic rings. The third-order valence-corrected chi connectivity index (χ3v) is 5.81. The number of aryl methyl sites for hydroxylation is 1. The maximum atomic E-state index is 12.7. The van der Waals surface area contributed by atoms with E-state index < -0.39 is 0 Å². The average molecular weight is 429 g/mol. The molecule has 2 aromatic heterocycles. The number of aromatic nitrogens is 3. The number of halogens is 1. The van der Waals surface area contributed by atoms with Gasteiger partial charge in [0.15, 0.2) is 5.65 Å². The average Bonchev–Trinajstić information content (AvgIpc) is 2.93. The minimum absolute atomic E-state index is 0.0312. The van der Waals surface area contributed by atoms with Crippen molar-refractivity contribution in [2.45, 2.75) is 19.4 Å². The van der Waals surface area contributed by atoms with Gasteiger partial charge in [-0.2, -0.15) is 0 Å². The Morgan fingerprint density at radius 3 is 2.74 bits per heavy atom. The van der Waals surface area contributed by atoms with Crippen LogP contribution in [0.2, 0.25) is 0 Å². The highest BCUT2D eigenvalue weighted by Crippen LogP contribution is 2.22. The predicted molar refractivity (Wildman–Crippen MR) is 108 cm³/mol. The number of nitrogens with zero attached hydrogens (tertiary/aromatic N) is 4. The maximum absolute atomic E-state index is 12.7. The molecule has 27 heavy (non-hydrogen) atoms. The fourth-order valence-electron chi connectivity index (χ4n) is 3.78. The number of fused-ring (bicyclic) bond motifs is 1. The van der Waals surface area contributed by atoms with E-state index in [1.54, 1.807) is 22.4 Å². The van der Waals surface area contributed by atoms with Crippen LogP contribution < -0.4 is 5.69 Å². The lowest BCUT2D eigenvalue weighted by Crippen LogP contribution is -2.40. The Morgan fingerprint density at radius 2 is 2.00 bits per heavy atom. The number of benzene rings is 1. The molecule has 0 radical (unpaired) electrons. The van der Waals surface area contributed by atoms with Crippen molar-refractivity contribution in [3.63, 3.8) is 0 Å². The van der Waals surface area contributed by atoms with Crippen LogP contribution in [0.25, 0.3) is 11.2 Å². The Hall–Kier alpha value is -2.41. The fourth-order valence-corrected chi connectivity index (χ4v) is 4.18. The number of amides is 1. The van der Waals surface area contributed by atoms with Gasteiger partial charge in [0.05, 0.1) is 5.52 Å². The van der Waals surface area contributed by atoms with Gasteiger partial charge in [-0.1, -0.05) is 22.0 Å². The standard InChI is InChI=1S/C20H21BrN4O2/c1-23-17-6-3-9-22-18(17)25(20(23)27)13-14-7-10-24(11-8-14)19(26)15-4-2-5-16(21)12-15/h2-6,9,12,14H,7-8,10-11,13H2,1H3. The highest BCUT2D eigenvalue weighted by Gasteiger charge is 2.25. The molecule has 1 fully saturated rings. The number of rotatable bonds is 3. The lowest BCUT2D eigenvalue weighted by molar-refractivity contribution is 0.0682. The monoisotopic (exact) mass is 428 g/mol. The molecule has 0 bridgehead atoms. The number of hydrogen-bond acceptors (Lipinski definition) is 3. The van der Waals surface area contributed by atoms with Crippen LogP contribution in [0.5, 0.6) is 0 Å². The molecule has 1 aliphatic rings. The molecule has 1 saturated heterocycles. The molecular formula is C20H21BrN4O2. The second kappa shape index (κ2) is 7.31. The zero-order valence-electron chi connectivity index (χ0n) is 15.1. The van der Waals surface area contributed by atoms with Crippen LogP contribution in [0.1, 0.15) is 23.2 Å². The quantitative estimate of drug-likeness (QED) is 0.643. The van der Waals surface area contributed by atoms with Gasteiger partial charge in [-0.05, 0) is 49.1 Å². The van der Waals surface area contributed by atoms with Gasteiger partial charge in [0.25, 0.3) is 5.91 Å². The first-order chi connectivity index (χ1) is 13.0. The van der Waals surface area contributed by atoms with E-state index in [4.69, 9.17) is 0 Å². The number of likely N-dealkylation sites (tertiary alicyclic amines) is 1. The summed E-state index contributed by atoms with van der Waals surface area (Å²) >= 11 is 3.42. The predicted octanol–water partition coefficient (Wildman–Crippen LogP) is 3.05. The van der Waals surface area contributed by atoms with Crippen LogP contribution in [-0.2, 0) is 13.6 Å². The Morgan fingerprint density at radius 1 is 1.22 bits per heavy atom. The highest BCUT2D eigenvalue weighted by molar-refractivity contribution is 9.10. The molecule has 140 valence electrons. The lowest BCUT2D eigenvalue weighted by atomic mass is 9.96. The first-order valence-electron chi connectivity index (χ1n) is 9.09. The van der Waals surface area contributed by atoms with Gasteiger partial charge >= 0.3 is 5.69 Å². The van der Waals surface area contributed by atoms with Crippen LogP contribution in [0.4, 0.5) is 0 Å². The summed E-state index contributed by atoms with van der Waals surface area (Å²) in [6, 6.07) is 11.3. The lowest BCUT2D eigenvalue weighted by Gasteiger charge is -2.32. The second-order valence-electron chi connectivity index (χ2n) is 7.04. The molecule has 4 rings (SSSR count). The number of pyridine rings is 1. The molecule has 6 nitrogen and oxygen atoms in total. The van der Waals surface area contributed by atoms with E-state index in [2.05, 4.69) is 20.9 Å². The fraction of sp³-hybridized carbons (Fsp3) is 0.350. The highest BCUT2D eigenvalue weighted by atomic mass is 79.9. The number of hydrogen-bond donors (Lipinski definition) is 0. The first-order valence-corrected chi connectivity index (χ1v) is 9.89.